The molecule has 2 aliphatic carbocycles. The summed E-state index contributed by atoms with van der Waals surface area (Å²) < 4.78 is 16.4. The zero-order chi connectivity index (χ0) is 37.9. The third-order valence-corrected chi connectivity index (χ3v) is 16.3. The van der Waals surface area contributed by atoms with Gasteiger partial charge in [-0.25, -0.2) is 0 Å². The van der Waals surface area contributed by atoms with Crippen molar-refractivity contribution in [3.05, 3.63) is 125 Å². The molecule has 2 aliphatic heterocycles. The Labute approximate surface area is 324 Å². The van der Waals surface area contributed by atoms with Gasteiger partial charge in [0.25, 0.3) is 23.6 Å². The van der Waals surface area contributed by atoms with Crippen LogP contribution in [0.2, 0.25) is 0 Å². The number of carbonyl (C=O) groups excluding carboxylic acids is 4. The molecule has 0 atom stereocenters. The Balaban J connectivity index is 1.27. The van der Waals surface area contributed by atoms with Crippen LogP contribution in [0.15, 0.2) is 103 Å². The summed E-state index contributed by atoms with van der Waals surface area (Å²) in [6, 6.07) is 31.7. The highest BCUT2D eigenvalue weighted by molar-refractivity contribution is 7.85. The molecule has 0 N–H and O–H groups in total. The quantitative estimate of drug-likeness (QED) is 0.0757. The smallest absolute Gasteiger partial charge is 0.262 e. The zero-order valence-electron chi connectivity index (χ0n) is 30.9. The van der Waals surface area contributed by atoms with E-state index in [2.05, 4.69) is 0 Å². The van der Waals surface area contributed by atoms with Gasteiger partial charge in [-0.15, -0.1) is 0 Å². The molecular weight excluding hydrogens is 716 g/mol. The lowest BCUT2D eigenvalue weighted by molar-refractivity contribution is 0.0488. The molecule has 0 aromatic heterocycles. The van der Waals surface area contributed by atoms with Crippen LogP contribution < -0.4 is 15.9 Å². The number of hydrogen-bond acceptors (Lipinski definition) is 5. The summed E-state index contributed by atoms with van der Waals surface area (Å²) in [6.07, 6.45) is 9.16. The lowest BCUT2D eigenvalue weighted by atomic mass is 9.81. The first-order chi connectivity index (χ1) is 27.4. The standard InChI is InChI=1S/C48H39N2O5P/c51-45-35-24-21-32-33-22-26-37-43-41(33)38(34-23-25-36(42(35)40(32)34)46(52)49(45)28-13-5-1-6-14-28)27-39(44(43)48(54)50(47(37)53)29-15-7-2-8-16-29)56(55,30-17-9-3-10-18-30)31-19-11-4-12-20-31/h3-4,9-12,17-29H,1-2,5-8,13-16H2. The Morgan fingerprint density at radius 3 is 1.32 bits per heavy atom. The van der Waals surface area contributed by atoms with E-state index in [9.17, 15) is 14.4 Å². The topological polar surface area (TPSA) is 91.8 Å². The third kappa shape index (κ3) is 4.49. The number of imide groups is 2. The zero-order valence-corrected chi connectivity index (χ0v) is 31.8. The number of carbonyl (C=O) groups is 4. The van der Waals surface area contributed by atoms with Gasteiger partial charge in [-0.1, -0.05) is 117 Å². The van der Waals surface area contributed by atoms with Crippen molar-refractivity contribution in [2.24, 2.45) is 0 Å². The van der Waals surface area contributed by atoms with Crippen LogP contribution in [0, 0.1) is 0 Å². The molecule has 8 heteroatoms. The second-order valence-electron chi connectivity index (χ2n) is 16.1. The molecule has 0 saturated heterocycles. The fourth-order valence-corrected chi connectivity index (χ4v) is 13.5. The Bertz CT molecular complexity index is 2830. The monoisotopic (exact) mass is 754 g/mol. The average Bonchev–Trinajstić information content (AvgIpc) is 3.25. The van der Waals surface area contributed by atoms with Gasteiger partial charge in [0.05, 0.1) is 5.56 Å². The van der Waals surface area contributed by atoms with Crippen molar-refractivity contribution in [1.82, 2.24) is 9.80 Å². The number of nitrogens with zero attached hydrogens (tertiary/aromatic N) is 2. The first kappa shape index (κ1) is 33.7. The Hall–Kier alpha value is -5.65. The maximum absolute atomic E-state index is 16.4. The minimum atomic E-state index is -3.77. The molecule has 0 unspecified atom stereocenters. The molecule has 4 amide bonds. The lowest BCUT2D eigenvalue weighted by Crippen LogP contribution is -2.49. The van der Waals surface area contributed by atoms with Gasteiger partial charge < -0.3 is 4.57 Å². The normalized spacial score (nSPS) is 18.4. The summed E-state index contributed by atoms with van der Waals surface area (Å²) >= 11 is 0. The van der Waals surface area contributed by atoms with Crippen molar-refractivity contribution in [2.75, 3.05) is 0 Å². The third-order valence-electron chi connectivity index (χ3n) is 13.2. The SMILES string of the molecule is O=C1c2ccc3c4ccc5c6c(c(P(=O)(c7ccccc7)c7ccccc7)cc(c7ccc(c2c37)C(=O)N1C1CCCCC1)c64)C(=O)N(C1CCCCC1)C5=O. The van der Waals surface area contributed by atoms with Crippen LogP contribution in [0.4, 0.5) is 0 Å². The van der Waals surface area contributed by atoms with E-state index in [4.69, 9.17) is 0 Å². The lowest BCUT2D eigenvalue weighted by Gasteiger charge is -2.38. The van der Waals surface area contributed by atoms with Crippen molar-refractivity contribution in [3.63, 3.8) is 0 Å². The minimum absolute atomic E-state index is 0.119. The molecule has 7 nitrogen and oxygen atoms in total. The highest BCUT2D eigenvalue weighted by atomic mass is 31.2. The first-order valence-electron chi connectivity index (χ1n) is 20.1. The van der Waals surface area contributed by atoms with E-state index in [-0.39, 0.29) is 29.8 Å². The molecule has 2 heterocycles. The van der Waals surface area contributed by atoms with E-state index < -0.39 is 13.0 Å². The van der Waals surface area contributed by atoms with E-state index in [1.54, 1.807) is 0 Å². The van der Waals surface area contributed by atoms with Crippen molar-refractivity contribution < 1.29 is 23.7 Å². The van der Waals surface area contributed by atoms with Crippen LogP contribution in [-0.4, -0.2) is 45.5 Å². The van der Waals surface area contributed by atoms with Crippen molar-refractivity contribution in [3.8, 4) is 0 Å². The Kier molecular flexibility index (Phi) is 7.47. The largest absolute Gasteiger partial charge is 0.309 e. The van der Waals surface area contributed by atoms with Gasteiger partial charge in [-0.05, 0) is 82.3 Å². The van der Waals surface area contributed by atoms with Gasteiger partial charge >= 0.3 is 0 Å². The minimum Gasteiger partial charge on any atom is -0.309 e. The van der Waals surface area contributed by atoms with Crippen molar-refractivity contribution in [1.29, 1.82) is 0 Å². The fourth-order valence-electron chi connectivity index (χ4n) is 10.7. The van der Waals surface area contributed by atoms with Crippen LogP contribution in [0.5, 0.6) is 0 Å². The van der Waals surface area contributed by atoms with Crippen LogP contribution in [0.1, 0.15) is 106 Å². The first-order valence-corrected chi connectivity index (χ1v) is 21.8. The fraction of sp³-hybridized carbons (Fsp3) is 0.250. The van der Waals surface area contributed by atoms with Crippen LogP contribution in [0.3, 0.4) is 0 Å². The van der Waals surface area contributed by atoms with Gasteiger partial charge in [-0.3, -0.25) is 29.0 Å². The molecule has 56 heavy (non-hydrogen) atoms. The van der Waals surface area contributed by atoms with E-state index in [1.807, 2.05) is 103 Å². The molecule has 11 rings (SSSR count). The van der Waals surface area contributed by atoms with Gasteiger partial charge in [0.15, 0.2) is 7.14 Å². The molecule has 0 spiro atoms. The number of fused-ring (bicyclic) bond motifs is 2. The molecule has 276 valence electrons. The summed E-state index contributed by atoms with van der Waals surface area (Å²) in [6.45, 7) is 0. The number of hydrogen-bond donors (Lipinski definition) is 0. The number of amides is 4. The average molecular weight is 755 g/mol. The Morgan fingerprint density at radius 2 is 0.839 bits per heavy atom. The van der Waals surface area contributed by atoms with Gasteiger partial charge in [-0.2, -0.15) is 0 Å². The molecule has 7 aromatic rings. The predicted octanol–water partition coefficient (Wildman–Crippen LogP) is 9.23. The van der Waals surface area contributed by atoms with Gasteiger partial charge in [0, 0.05) is 55.5 Å². The molecular formula is C48H39N2O5P. The van der Waals surface area contributed by atoms with Crippen molar-refractivity contribution in [2.45, 2.75) is 76.3 Å². The maximum atomic E-state index is 16.4. The van der Waals surface area contributed by atoms with Gasteiger partial charge in [0.2, 0.25) is 0 Å². The molecule has 7 aromatic carbocycles. The summed E-state index contributed by atoms with van der Waals surface area (Å²) in [5.41, 5.74) is 1.77. The second kappa shape index (κ2) is 12.4. The van der Waals surface area contributed by atoms with Crippen LogP contribution >= 0.6 is 7.14 Å². The number of rotatable bonds is 5. The summed E-state index contributed by atoms with van der Waals surface area (Å²) in [7, 11) is -3.77. The van der Waals surface area contributed by atoms with E-state index in [0.717, 1.165) is 96.5 Å². The van der Waals surface area contributed by atoms with E-state index >= 15 is 9.36 Å². The maximum Gasteiger partial charge on any atom is 0.262 e. The predicted molar refractivity (Wildman–Crippen MR) is 222 cm³/mol. The molecule has 2 saturated carbocycles. The molecule has 4 aliphatic rings. The summed E-state index contributed by atoms with van der Waals surface area (Å²) in [5.74, 6) is -1.22. The molecule has 2 fully saturated rings. The van der Waals surface area contributed by atoms with Gasteiger partial charge in [0.1, 0.15) is 0 Å². The van der Waals surface area contributed by atoms with Crippen LogP contribution in [0.25, 0.3) is 43.1 Å². The molecule has 0 bridgehead atoms. The van der Waals surface area contributed by atoms with E-state index in [0.29, 0.717) is 48.9 Å². The van der Waals surface area contributed by atoms with Crippen LogP contribution in [-0.2, 0) is 4.57 Å². The molecule has 0 radical (unpaired) electrons. The van der Waals surface area contributed by atoms with Crippen molar-refractivity contribution >= 4 is 89.8 Å². The summed E-state index contributed by atoms with van der Waals surface area (Å²) in [4.78, 5) is 61.6. The second-order valence-corrected chi connectivity index (χ2v) is 18.9. The van der Waals surface area contributed by atoms with E-state index in [1.165, 1.54) is 9.80 Å². The number of benzene rings is 7. The highest BCUT2D eigenvalue weighted by Crippen LogP contribution is 2.51. The summed E-state index contributed by atoms with van der Waals surface area (Å²) in [5, 5.41) is 7.46. The highest BCUT2D eigenvalue weighted by Gasteiger charge is 2.45. The Morgan fingerprint density at radius 1 is 0.429 bits per heavy atom.